The van der Waals surface area contributed by atoms with Crippen molar-refractivity contribution in [2.24, 2.45) is 11.5 Å². The van der Waals surface area contributed by atoms with E-state index in [1.807, 2.05) is 0 Å². The molecule has 0 aliphatic heterocycles. The molecule has 0 bridgehead atoms. The molecule has 0 aliphatic rings. The molecule has 4 aromatic rings. The summed E-state index contributed by atoms with van der Waals surface area (Å²) < 4.78 is 0. The summed E-state index contributed by atoms with van der Waals surface area (Å²) >= 11 is 0. The molecule has 0 unspecified atom stereocenters. The maximum Gasteiger partial charge on any atom is 2.00 e. The standard InChI is InChI=1S/2C7H5NO4.2C6H6N2O.Cu.2H2O/c2*9-7(10)5-3-1-2-4-6(5)8(11)12;2*7-6(9)5-2-1-3-8-4-5;;;/h2*1-4H,(H,9,10);2*1-4H,(H2,7,9);;2*1H2/q;;;;+2;;/p-2. The van der Waals surface area contributed by atoms with Crippen LogP contribution in [0.15, 0.2) is 97.6 Å². The second kappa shape index (κ2) is 22.5. The molecule has 0 spiro atoms. The number of carbonyl (C=O) groups is 4. The van der Waals surface area contributed by atoms with E-state index in [1.54, 1.807) is 36.7 Å². The Morgan fingerprint density at radius 3 is 1.07 bits per heavy atom. The largest absolute Gasteiger partial charge is 2.00 e. The number of benzene rings is 2. The number of hydrogen-bond acceptors (Lipinski definition) is 12. The summed E-state index contributed by atoms with van der Waals surface area (Å²) in [5.74, 6) is -3.96. The number of nitrogens with two attached hydrogens (primary N) is 2. The van der Waals surface area contributed by atoms with Gasteiger partial charge in [-0.15, -0.1) is 0 Å². The van der Waals surface area contributed by atoms with Gasteiger partial charge in [-0.3, -0.25) is 39.8 Å². The van der Waals surface area contributed by atoms with E-state index in [2.05, 4.69) is 9.97 Å². The summed E-state index contributed by atoms with van der Waals surface area (Å²) in [6, 6.07) is 16.7. The number of aromatic carboxylic acids is 2. The maximum atomic E-state index is 10.4. The average Bonchev–Trinajstić information content (AvgIpc) is 2.99. The zero-order chi connectivity index (χ0) is 31.7. The van der Waals surface area contributed by atoms with Crippen molar-refractivity contribution in [3.05, 3.63) is 140 Å². The van der Waals surface area contributed by atoms with Crippen molar-refractivity contribution in [1.82, 2.24) is 9.97 Å². The molecule has 18 nitrogen and oxygen atoms in total. The van der Waals surface area contributed by atoms with Gasteiger partial charge in [0.25, 0.3) is 11.4 Å². The van der Waals surface area contributed by atoms with Crippen LogP contribution < -0.4 is 21.7 Å². The summed E-state index contributed by atoms with van der Waals surface area (Å²) in [5, 5.41) is 41.1. The molecule has 45 heavy (non-hydrogen) atoms. The van der Waals surface area contributed by atoms with Gasteiger partial charge < -0.3 is 42.2 Å². The molecule has 4 rings (SSSR count). The molecule has 19 heteroatoms. The van der Waals surface area contributed by atoms with Gasteiger partial charge in [0.05, 0.1) is 44.0 Å². The van der Waals surface area contributed by atoms with Gasteiger partial charge in [-0.1, -0.05) is 24.3 Å². The molecular weight excluding hydrogens is 652 g/mol. The minimum Gasteiger partial charge on any atom is -0.545 e. The molecule has 2 aromatic heterocycles. The molecule has 2 heterocycles. The number of para-hydroxylation sites is 2. The van der Waals surface area contributed by atoms with Crippen molar-refractivity contribution in [3.63, 3.8) is 0 Å². The van der Waals surface area contributed by atoms with Crippen molar-refractivity contribution in [3.8, 4) is 0 Å². The van der Waals surface area contributed by atoms with Crippen molar-refractivity contribution in [1.29, 1.82) is 0 Å². The summed E-state index contributed by atoms with van der Waals surface area (Å²) in [7, 11) is 0. The van der Waals surface area contributed by atoms with Crippen LogP contribution >= 0.6 is 0 Å². The predicted octanol–water partition coefficient (Wildman–Crippen LogP) is -1.37. The Bertz CT molecular complexity index is 1380. The summed E-state index contributed by atoms with van der Waals surface area (Å²) in [4.78, 5) is 67.8. The number of primary amides is 2. The fourth-order valence-corrected chi connectivity index (χ4v) is 2.63. The molecule has 0 aliphatic carbocycles. The second-order valence-corrected chi connectivity index (χ2v) is 7.34. The van der Waals surface area contributed by atoms with E-state index < -0.39 is 56.1 Å². The minimum atomic E-state index is -1.54. The SMILES string of the molecule is NC(=O)c1cccnc1.NC(=O)c1cccnc1.O.O.O=C([O-])c1ccccc1[N+](=O)[O-].O=C([O-])c1ccccc1[N+](=O)[O-].[Cu+2]. The van der Waals surface area contributed by atoms with Crippen LogP contribution in [0, 0.1) is 20.2 Å². The molecule has 0 saturated carbocycles. The van der Waals surface area contributed by atoms with E-state index in [9.17, 15) is 49.6 Å². The molecule has 0 fully saturated rings. The van der Waals surface area contributed by atoms with Crippen LogP contribution in [0.25, 0.3) is 0 Å². The molecule has 8 N–H and O–H groups in total. The quantitative estimate of drug-likeness (QED) is 0.136. The van der Waals surface area contributed by atoms with Gasteiger partial charge in [-0.25, -0.2) is 0 Å². The Labute approximate surface area is 263 Å². The third-order valence-corrected chi connectivity index (χ3v) is 4.53. The van der Waals surface area contributed by atoms with E-state index in [0.717, 1.165) is 24.3 Å². The first-order chi connectivity index (χ1) is 19.9. The van der Waals surface area contributed by atoms with Crippen LogP contribution in [-0.4, -0.2) is 54.5 Å². The number of rotatable bonds is 6. The van der Waals surface area contributed by atoms with Gasteiger partial charge in [0, 0.05) is 36.9 Å². The molecule has 2 aromatic carbocycles. The van der Waals surface area contributed by atoms with Gasteiger partial charge in [-0.2, -0.15) is 0 Å². The van der Waals surface area contributed by atoms with Crippen LogP contribution in [0.3, 0.4) is 0 Å². The van der Waals surface area contributed by atoms with E-state index in [4.69, 9.17) is 11.5 Å². The number of nitro groups is 2. The minimum absolute atomic E-state index is 0. The van der Waals surface area contributed by atoms with Gasteiger partial charge in [0.2, 0.25) is 11.8 Å². The topological polar surface area (TPSA) is 341 Å². The number of carboxylic acid groups (broad SMARTS) is 2. The molecular formula is C26H24CuN6O12. The first kappa shape index (κ1) is 43.3. The van der Waals surface area contributed by atoms with Crippen molar-refractivity contribution < 1.29 is 67.3 Å². The normalized spacial score (nSPS) is 8.53. The van der Waals surface area contributed by atoms with Gasteiger partial charge in [0.1, 0.15) is 0 Å². The second-order valence-electron chi connectivity index (χ2n) is 7.34. The van der Waals surface area contributed by atoms with Crippen molar-refractivity contribution in [2.45, 2.75) is 0 Å². The molecule has 2 amide bonds. The number of hydrogen-bond donors (Lipinski definition) is 2. The predicted molar refractivity (Wildman–Crippen MR) is 148 cm³/mol. The summed E-state index contributed by atoms with van der Waals surface area (Å²) in [6.07, 6.45) is 6.05. The number of nitro benzene ring substituents is 2. The Balaban J connectivity index is -0.000000515. The molecule has 0 atom stereocenters. The number of aromatic nitrogens is 2. The van der Waals surface area contributed by atoms with E-state index in [-0.39, 0.29) is 28.0 Å². The number of amides is 2. The number of nitrogens with zero attached hydrogens (tertiary/aromatic N) is 4. The number of pyridine rings is 2. The number of carbonyl (C=O) groups excluding carboxylic acids is 4. The van der Waals surface area contributed by atoms with Crippen LogP contribution in [0.1, 0.15) is 41.4 Å². The third-order valence-electron chi connectivity index (χ3n) is 4.53. The van der Waals surface area contributed by atoms with Crippen LogP contribution in [0.5, 0.6) is 0 Å². The Morgan fingerprint density at radius 1 is 0.578 bits per heavy atom. The van der Waals surface area contributed by atoms with E-state index in [0.29, 0.717) is 11.1 Å². The first-order valence-electron chi connectivity index (χ1n) is 11.2. The van der Waals surface area contributed by atoms with Gasteiger partial charge in [0.15, 0.2) is 0 Å². The molecule has 241 valence electrons. The zero-order valence-electron chi connectivity index (χ0n) is 22.6. The summed E-state index contributed by atoms with van der Waals surface area (Å²) in [6.45, 7) is 0. The Kier molecular flexibility index (Phi) is 21.6. The summed E-state index contributed by atoms with van der Waals surface area (Å²) in [5.41, 5.74) is 9.06. The fraction of sp³-hybridized carbons (Fsp3) is 0. The molecule has 0 saturated heterocycles. The van der Waals surface area contributed by atoms with Gasteiger partial charge in [-0.05, 0) is 36.4 Å². The molecule has 1 radical (unpaired) electrons. The smallest absolute Gasteiger partial charge is 0.545 e. The maximum absolute atomic E-state index is 10.4. The zero-order valence-corrected chi connectivity index (χ0v) is 23.5. The Hall–Kier alpha value is -6.14. The number of carboxylic acids is 2. The van der Waals surface area contributed by atoms with E-state index >= 15 is 0 Å². The monoisotopic (exact) mass is 675 g/mol. The van der Waals surface area contributed by atoms with E-state index in [1.165, 1.54) is 36.7 Å². The van der Waals surface area contributed by atoms with Crippen LogP contribution in [0.4, 0.5) is 11.4 Å². The fourth-order valence-electron chi connectivity index (χ4n) is 2.63. The van der Waals surface area contributed by atoms with Crippen molar-refractivity contribution in [2.75, 3.05) is 0 Å². The average molecular weight is 676 g/mol. The Morgan fingerprint density at radius 2 is 0.889 bits per heavy atom. The van der Waals surface area contributed by atoms with Crippen LogP contribution in [-0.2, 0) is 17.1 Å². The van der Waals surface area contributed by atoms with Crippen LogP contribution in [0.2, 0.25) is 0 Å². The first-order valence-corrected chi connectivity index (χ1v) is 11.2. The van der Waals surface area contributed by atoms with Gasteiger partial charge >= 0.3 is 17.1 Å². The third kappa shape index (κ3) is 15.6. The van der Waals surface area contributed by atoms with Crippen molar-refractivity contribution >= 4 is 35.1 Å².